The highest BCUT2D eigenvalue weighted by atomic mass is 15.1. The van der Waals surface area contributed by atoms with Crippen molar-refractivity contribution in [3.05, 3.63) is 58.7 Å². The van der Waals surface area contributed by atoms with Crippen molar-refractivity contribution >= 4 is 11.4 Å². The average molecular weight is 296 g/mol. The van der Waals surface area contributed by atoms with Gasteiger partial charge in [-0.05, 0) is 62.3 Å². The molecule has 4 nitrogen and oxygen atoms in total. The molecule has 22 heavy (non-hydrogen) atoms. The Balaban J connectivity index is 2.18. The van der Waals surface area contributed by atoms with Crippen LogP contribution < -0.4 is 10.6 Å². The maximum Gasteiger partial charge on any atom is 0.0886 e. The van der Waals surface area contributed by atoms with E-state index in [4.69, 9.17) is 0 Å². The van der Waals surface area contributed by atoms with E-state index in [0.29, 0.717) is 0 Å². The Labute approximate surface area is 132 Å². The van der Waals surface area contributed by atoms with E-state index in [-0.39, 0.29) is 0 Å². The van der Waals surface area contributed by atoms with Crippen molar-refractivity contribution in [3.8, 4) is 0 Å². The van der Waals surface area contributed by atoms with Gasteiger partial charge in [0.25, 0.3) is 0 Å². The van der Waals surface area contributed by atoms with Gasteiger partial charge in [0.2, 0.25) is 0 Å². The van der Waals surface area contributed by atoms with Crippen molar-refractivity contribution in [2.75, 3.05) is 14.1 Å². The third-order valence-electron chi connectivity index (χ3n) is 3.55. The first-order valence-corrected chi connectivity index (χ1v) is 7.54. The molecule has 0 atom stereocenters. The molecule has 0 heterocycles. The lowest BCUT2D eigenvalue weighted by atomic mass is 10.1. The molecule has 0 saturated heterocycles. The fraction of sp³-hybridized carbons (Fsp3) is 0.333. The van der Waals surface area contributed by atoms with Gasteiger partial charge in [-0.25, -0.2) is 0 Å². The first-order valence-electron chi connectivity index (χ1n) is 7.54. The molecule has 116 valence electrons. The molecule has 4 heteroatoms. The van der Waals surface area contributed by atoms with Gasteiger partial charge in [0.15, 0.2) is 0 Å². The molecule has 0 radical (unpaired) electrons. The van der Waals surface area contributed by atoms with E-state index in [0.717, 1.165) is 35.6 Å². The van der Waals surface area contributed by atoms with Crippen LogP contribution in [-0.2, 0) is 13.1 Å². The summed E-state index contributed by atoms with van der Waals surface area (Å²) >= 11 is 0. The third-order valence-corrected chi connectivity index (χ3v) is 3.55. The summed E-state index contributed by atoms with van der Waals surface area (Å²) in [6, 6.07) is 12.5. The Kier molecular flexibility index (Phi) is 5.81. The van der Waals surface area contributed by atoms with Crippen LogP contribution in [0.3, 0.4) is 0 Å². The Hall–Kier alpha value is -2.04. The minimum absolute atomic E-state index is 0.865. The second-order valence-electron chi connectivity index (χ2n) is 5.50. The molecular formula is C18H24N4. The normalized spacial score (nSPS) is 11.3. The zero-order chi connectivity index (χ0) is 15.9. The highest BCUT2D eigenvalue weighted by Crippen LogP contribution is 2.25. The summed E-state index contributed by atoms with van der Waals surface area (Å²) in [4.78, 5) is 0. The van der Waals surface area contributed by atoms with Gasteiger partial charge in [0.05, 0.1) is 11.4 Å². The lowest BCUT2D eigenvalue weighted by molar-refractivity contribution is 0.816. The maximum atomic E-state index is 4.40. The zero-order valence-corrected chi connectivity index (χ0v) is 13.8. The largest absolute Gasteiger partial charge is 0.316 e. The van der Waals surface area contributed by atoms with Crippen molar-refractivity contribution in [3.63, 3.8) is 0 Å². The van der Waals surface area contributed by atoms with E-state index < -0.39 is 0 Å². The Morgan fingerprint density at radius 2 is 1.14 bits per heavy atom. The summed E-state index contributed by atoms with van der Waals surface area (Å²) in [5.41, 5.74) is 6.62. The van der Waals surface area contributed by atoms with Gasteiger partial charge < -0.3 is 10.6 Å². The first kappa shape index (κ1) is 16.3. The fourth-order valence-corrected chi connectivity index (χ4v) is 2.40. The summed E-state index contributed by atoms with van der Waals surface area (Å²) in [6.45, 7) is 5.86. The molecule has 0 fully saturated rings. The van der Waals surface area contributed by atoms with Crippen molar-refractivity contribution in [1.29, 1.82) is 0 Å². The van der Waals surface area contributed by atoms with Gasteiger partial charge in [-0.15, -0.1) is 0 Å². The van der Waals surface area contributed by atoms with E-state index in [2.05, 4.69) is 59.0 Å². The summed E-state index contributed by atoms with van der Waals surface area (Å²) in [6.07, 6.45) is 0. The maximum absolute atomic E-state index is 4.40. The van der Waals surface area contributed by atoms with Crippen LogP contribution in [0.4, 0.5) is 11.4 Å². The molecule has 0 unspecified atom stereocenters. The molecule has 2 aromatic rings. The van der Waals surface area contributed by atoms with E-state index in [1.54, 1.807) is 0 Å². The number of nitrogens with one attached hydrogen (secondary N) is 2. The van der Waals surface area contributed by atoms with Crippen LogP contribution in [0.15, 0.2) is 46.6 Å². The van der Waals surface area contributed by atoms with E-state index in [9.17, 15) is 0 Å². The number of hydrogen-bond acceptors (Lipinski definition) is 4. The van der Waals surface area contributed by atoms with Crippen molar-refractivity contribution in [2.24, 2.45) is 10.2 Å². The second kappa shape index (κ2) is 7.82. The lowest BCUT2D eigenvalue weighted by Gasteiger charge is -2.05. The molecule has 0 amide bonds. The van der Waals surface area contributed by atoms with Gasteiger partial charge in [0, 0.05) is 13.1 Å². The minimum Gasteiger partial charge on any atom is -0.316 e. The number of rotatable bonds is 6. The van der Waals surface area contributed by atoms with Gasteiger partial charge in [-0.1, -0.05) is 24.3 Å². The minimum atomic E-state index is 0.865. The lowest BCUT2D eigenvalue weighted by Crippen LogP contribution is -2.04. The Bertz CT molecular complexity index is 605. The predicted octanol–water partition coefficient (Wildman–Crippen LogP) is 4.16. The number of hydrogen-bond donors (Lipinski definition) is 2. The predicted molar refractivity (Wildman–Crippen MR) is 92.1 cm³/mol. The van der Waals surface area contributed by atoms with Crippen molar-refractivity contribution in [1.82, 2.24) is 10.6 Å². The summed E-state index contributed by atoms with van der Waals surface area (Å²) in [7, 11) is 3.90. The van der Waals surface area contributed by atoms with Crippen molar-refractivity contribution < 1.29 is 0 Å². The number of nitrogens with zero attached hydrogens (tertiary/aromatic N) is 2. The molecule has 0 aliphatic carbocycles. The van der Waals surface area contributed by atoms with Crippen LogP contribution in [0.25, 0.3) is 0 Å². The molecule has 0 bridgehead atoms. The molecule has 0 saturated carbocycles. The zero-order valence-electron chi connectivity index (χ0n) is 13.8. The van der Waals surface area contributed by atoms with E-state index in [1.807, 2.05) is 26.2 Å². The first-order chi connectivity index (χ1) is 10.6. The average Bonchev–Trinajstić information content (AvgIpc) is 2.49. The SMILES string of the molecule is CNCc1ccc(N=Nc2ccc(CNC)cc2C)c(C)c1. The van der Waals surface area contributed by atoms with Gasteiger partial charge >= 0.3 is 0 Å². The quantitative estimate of drug-likeness (QED) is 0.786. The standard InChI is InChI=1S/C18H24N4/c1-13-9-15(11-19-3)5-7-17(13)21-22-18-8-6-16(12-20-4)10-14(18)2/h5-10,19-20H,11-12H2,1-4H3. The monoisotopic (exact) mass is 296 g/mol. The Morgan fingerprint density at radius 3 is 1.45 bits per heavy atom. The molecule has 2 N–H and O–H groups in total. The molecule has 0 spiro atoms. The summed E-state index contributed by atoms with van der Waals surface area (Å²) in [5.74, 6) is 0. The molecule has 2 rings (SSSR count). The van der Waals surface area contributed by atoms with Crippen LogP contribution in [0.2, 0.25) is 0 Å². The van der Waals surface area contributed by atoms with Crippen LogP contribution in [0.5, 0.6) is 0 Å². The second-order valence-corrected chi connectivity index (χ2v) is 5.50. The molecule has 0 aliphatic heterocycles. The number of benzene rings is 2. The van der Waals surface area contributed by atoms with E-state index >= 15 is 0 Å². The molecule has 0 aromatic heterocycles. The van der Waals surface area contributed by atoms with Gasteiger partial charge in [0.1, 0.15) is 0 Å². The van der Waals surface area contributed by atoms with Crippen LogP contribution >= 0.6 is 0 Å². The van der Waals surface area contributed by atoms with Crippen LogP contribution in [0, 0.1) is 13.8 Å². The Morgan fingerprint density at radius 1 is 0.727 bits per heavy atom. The third kappa shape index (κ3) is 4.23. The molecule has 0 aliphatic rings. The van der Waals surface area contributed by atoms with Crippen LogP contribution in [-0.4, -0.2) is 14.1 Å². The van der Waals surface area contributed by atoms with Crippen LogP contribution in [0.1, 0.15) is 22.3 Å². The number of azo groups is 1. The molecular weight excluding hydrogens is 272 g/mol. The number of aryl methyl sites for hydroxylation is 2. The fourth-order valence-electron chi connectivity index (χ4n) is 2.40. The topological polar surface area (TPSA) is 48.8 Å². The van der Waals surface area contributed by atoms with Gasteiger partial charge in [-0.3, -0.25) is 0 Å². The van der Waals surface area contributed by atoms with Gasteiger partial charge in [-0.2, -0.15) is 10.2 Å². The highest BCUT2D eigenvalue weighted by molar-refractivity contribution is 5.50. The summed E-state index contributed by atoms with van der Waals surface area (Å²) in [5, 5.41) is 15.1. The summed E-state index contributed by atoms with van der Waals surface area (Å²) < 4.78 is 0. The highest BCUT2D eigenvalue weighted by Gasteiger charge is 2.01. The van der Waals surface area contributed by atoms with E-state index in [1.165, 1.54) is 11.1 Å². The smallest absolute Gasteiger partial charge is 0.0886 e. The molecule has 2 aromatic carbocycles. The van der Waals surface area contributed by atoms with Crippen molar-refractivity contribution in [2.45, 2.75) is 26.9 Å².